The van der Waals surface area contributed by atoms with E-state index in [9.17, 15) is 4.79 Å². The number of amides is 1. The van der Waals surface area contributed by atoms with Gasteiger partial charge in [-0.2, -0.15) is 0 Å². The molecule has 1 heterocycles. The van der Waals surface area contributed by atoms with Gasteiger partial charge in [0.1, 0.15) is 0 Å². The van der Waals surface area contributed by atoms with Crippen molar-refractivity contribution in [3.63, 3.8) is 0 Å². The largest absolute Gasteiger partial charge is 0.345 e. The van der Waals surface area contributed by atoms with Crippen molar-refractivity contribution in [2.24, 2.45) is 5.92 Å². The fourth-order valence-electron chi connectivity index (χ4n) is 3.40. The molecule has 3 rings (SSSR count). The van der Waals surface area contributed by atoms with E-state index in [-0.39, 0.29) is 17.9 Å². The lowest BCUT2D eigenvalue weighted by atomic mass is 9.94. The molecule has 1 amide bonds. The minimum absolute atomic E-state index is 0.0837. The summed E-state index contributed by atoms with van der Waals surface area (Å²) in [7, 11) is 2.09. The Morgan fingerprint density at radius 2 is 1.75 bits per heavy atom. The van der Waals surface area contributed by atoms with E-state index in [1.807, 2.05) is 18.2 Å². The molecule has 0 spiro atoms. The quantitative estimate of drug-likeness (QED) is 0.934. The van der Waals surface area contributed by atoms with E-state index in [1.165, 1.54) is 5.56 Å². The first-order valence-corrected chi connectivity index (χ1v) is 8.74. The molecule has 2 aromatic carbocycles. The average molecular weight is 322 g/mol. The number of rotatable bonds is 4. The van der Waals surface area contributed by atoms with Gasteiger partial charge in [0.2, 0.25) is 5.91 Å². The maximum atomic E-state index is 12.8. The molecule has 0 radical (unpaired) electrons. The zero-order valence-electron chi connectivity index (χ0n) is 14.5. The molecular formula is C21H26N2O. The van der Waals surface area contributed by atoms with Crippen molar-refractivity contribution in [1.82, 2.24) is 10.2 Å². The van der Waals surface area contributed by atoms with Crippen LogP contribution in [-0.2, 0) is 4.79 Å². The molecule has 3 nitrogen and oxygen atoms in total. The van der Waals surface area contributed by atoms with Gasteiger partial charge in [-0.15, -0.1) is 0 Å². The lowest BCUT2D eigenvalue weighted by molar-refractivity contribution is -0.127. The molecule has 0 unspecified atom stereocenters. The predicted molar refractivity (Wildman–Crippen MR) is 97.8 cm³/mol. The van der Waals surface area contributed by atoms with E-state index in [0.29, 0.717) is 0 Å². The highest BCUT2D eigenvalue weighted by Crippen LogP contribution is 2.24. The second-order valence-electron chi connectivity index (χ2n) is 6.86. The lowest BCUT2D eigenvalue weighted by Crippen LogP contribution is -2.42. The van der Waals surface area contributed by atoms with Crippen LogP contribution in [0.15, 0.2) is 54.6 Å². The molecule has 0 saturated carbocycles. The van der Waals surface area contributed by atoms with Crippen LogP contribution >= 0.6 is 0 Å². The third kappa shape index (κ3) is 4.04. The number of nitrogens with one attached hydrogen (secondary N) is 1. The number of aryl methyl sites for hydroxylation is 1. The van der Waals surface area contributed by atoms with Crippen molar-refractivity contribution in [3.05, 3.63) is 71.3 Å². The van der Waals surface area contributed by atoms with E-state index in [0.717, 1.165) is 37.1 Å². The lowest BCUT2D eigenvalue weighted by Gasteiger charge is -2.30. The molecule has 0 aromatic heterocycles. The Bertz CT molecular complexity index is 666. The molecular weight excluding hydrogens is 296 g/mol. The summed E-state index contributed by atoms with van der Waals surface area (Å²) < 4.78 is 0. The third-order valence-electron chi connectivity index (χ3n) is 4.83. The zero-order valence-corrected chi connectivity index (χ0v) is 14.5. The summed E-state index contributed by atoms with van der Waals surface area (Å²) >= 11 is 0. The average Bonchev–Trinajstić information content (AvgIpc) is 2.61. The fraction of sp³-hybridized carbons (Fsp3) is 0.381. The van der Waals surface area contributed by atoms with Crippen molar-refractivity contribution in [2.75, 3.05) is 20.1 Å². The number of carbonyl (C=O) groups excluding carboxylic acids is 1. The molecule has 0 bridgehead atoms. The molecule has 24 heavy (non-hydrogen) atoms. The van der Waals surface area contributed by atoms with Crippen LogP contribution in [0.4, 0.5) is 0 Å². The second kappa shape index (κ2) is 7.63. The maximum absolute atomic E-state index is 12.8. The number of likely N-dealkylation sites (tertiary alicyclic amines) is 1. The summed E-state index contributed by atoms with van der Waals surface area (Å²) in [6.07, 6.45) is 2.07. The third-order valence-corrected chi connectivity index (χ3v) is 4.83. The number of carbonyl (C=O) groups is 1. The smallest absolute Gasteiger partial charge is 0.225 e. The van der Waals surface area contributed by atoms with Gasteiger partial charge in [-0.3, -0.25) is 4.79 Å². The molecule has 1 saturated heterocycles. The molecule has 1 fully saturated rings. The van der Waals surface area contributed by atoms with Gasteiger partial charge >= 0.3 is 0 Å². The highest BCUT2D eigenvalue weighted by molar-refractivity contribution is 5.80. The Kier molecular flexibility index (Phi) is 5.31. The van der Waals surface area contributed by atoms with Crippen molar-refractivity contribution in [1.29, 1.82) is 0 Å². The molecule has 1 aliphatic rings. The normalized spacial score (nSPS) is 19.7. The van der Waals surface area contributed by atoms with Crippen LogP contribution in [0.3, 0.4) is 0 Å². The number of piperidine rings is 1. The number of benzene rings is 2. The van der Waals surface area contributed by atoms with E-state index < -0.39 is 0 Å². The SMILES string of the molecule is Cc1ccc([C@@H](NC(=O)[C@H]2CCCN(C)C2)c2ccccc2)cc1. The summed E-state index contributed by atoms with van der Waals surface area (Å²) in [6.45, 7) is 4.02. The Labute approximate surface area is 144 Å². The zero-order chi connectivity index (χ0) is 16.9. The van der Waals surface area contributed by atoms with Gasteiger partial charge in [-0.1, -0.05) is 60.2 Å². The van der Waals surface area contributed by atoms with Gasteiger partial charge in [0.05, 0.1) is 12.0 Å². The first-order valence-electron chi connectivity index (χ1n) is 8.74. The summed E-state index contributed by atoms with van der Waals surface area (Å²) in [5.41, 5.74) is 3.48. The minimum Gasteiger partial charge on any atom is -0.345 e. The molecule has 3 heteroatoms. The van der Waals surface area contributed by atoms with Gasteiger partial charge in [0.25, 0.3) is 0 Å². The van der Waals surface area contributed by atoms with E-state index in [2.05, 4.69) is 60.6 Å². The first kappa shape index (κ1) is 16.7. The summed E-state index contributed by atoms with van der Waals surface area (Å²) in [5, 5.41) is 3.29. The Balaban J connectivity index is 1.82. The van der Waals surface area contributed by atoms with Crippen LogP contribution in [0.25, 0.3) is 0 Å². The van der Waals surface area contributed by atoms with Crippen molar-refractivity contribution < 1.29 is 4.79 Å². The summed E-state index contributed by atoms with van der Waals surface area (Å²) in [6, 6.07) is 18.6. The van der Waals surface area contributed by atoms with Crippen LogP contribution in [0.2, 0.25) is 0 Å². The molecule has 2 atom stereocenters. The highest BCUT2D eigenvalue weighted by Gasteiger charge is 2.26. The molecule has 1 aliphatic heterocycles. The number of hydrogen-bond donors (Lipinski definition) is 1. The van der Waals surface area contributed by atoms with Crippen molar-refractivity contribution >= 4 is 5.91 Å². The second-order valence-corrected chi connectivity index (χ2v) is 6.86. The van der Waals surface area contributed by atoms with Crippen LogP contribution in [-0.4, -0.2) is 30.9 Å². The predicted octanol–water partition coefficient (Wildman–Crippen LogP) is 3.54. The fourth-order valence-corrected chi connectivity index (χ4v) is 3.40. The Hall–Kier alpha value is -2.13. The topological polar surface area (TPSA) is 32.3 Å². The van der Waals surface area contributed by atoms with E-state index in [4.69, 9.17) is 0 Å². The van der Waals surface area contributed by atoms with Gasteiger partial charge in [0, 0.05) is 6.54 Å². The van der Waals surface area contributed by atoms with Gasteiger partial charge in [-0.25, -0.2) is 0 Å². The van der Waals surface area contributed by atoms with Crippen LogP contribution in [0.5, 0.6) is 0 Å². The van der Waals surface area contributed by atoms with Crippen molar-refractivity contribution in [2.45, 2.75) is 25.8 Å². The molecule has 0 aliphatic carbocycles. The number of hydrogen-bond acceptors (Lipinski definition) is 2. The van der Waals surface area contributed by atoms with E-state index in [1.54, 1.807) is 0 Å². The monoisotopic (exact) mass is 322 g/mol. The maximum Gasteiger partial charge on any atom is 0.225 e. The van der Waals surface area contributed by atoms with Crippen LogP contribution in [0.1, 0.15) is 35.6 Å². The van der Waals surface area contributed by atoms with Gasteiger partial charge in [0.15, 0.2) is 0 Å². The summed E-state index contributed by atoms with van der Waals surface area (Å²) in [4.78, 5) is 15.1. The van der Waals surface area contributed by atoms with Crippen LogP contribution in [0, 0.1) is 12.8 Å². The Morgan fingerprint density at radius 1 is 1.08 bits per heavy atom. The van der Waals surface area contributed by atoms with Crippen molar-refractivity contribution in [3.8, 4) is 0 Å². The molecule has 1 N–H and O–H groups in total. The van der Waals surface area contributed by atoms with Gasteiger partial charge < -0.3 is 10.2 Å². The molecule has 126 valence electrons. The molecule has 2 aromatic rings. The standard InChI is InChI=1S/C21H26N2O/c1-16-10-12-18(13-11-16)20(17-7-4-3-5-8-17)22-21(24)19-9-6-14-23(2)15-19/h3-5,7-8,10-13,19-20H,6,9,14-15H2,1-2H3,(H,22,24)/t19-,20-/m0/s1. The first-order chi connectivity index (χ1) is 11.6. The Morgan fingerprint density at radius 3 is 2.42 bits per heavy atom. The summed E-state index contributed by atoms with van der Waals surface area (Å²) in [5.74, 6) is 0.247. The van der Waals surface area contributed by atoms with Gasteiger partial charge in [-0.05, 0) is 44.5 Å². The van der Waals surface area contributed by atoms with E-state index >= 15 is 0 Å². The minimum atomic E-state index is -0.0912. The highest BCUT2D eigenvalue weighted by atomic mass is 16.2. The van der Waals surface area contributed by atoms with Crippen LogP contribution < -0.4 is 5.32 Å². The number of nitrogens with zero attached hydrogens (tertiary/aromatic N) is 1.